The maximum absolute atomic E-state index is 13.2. The number of nitrogens with zero attached hydrogens (tertiary/aromatic N) is 1. The first-order valence-electron chi connectivity index (χ1n) is 9.75. The summed E-state index contributed by atoms with van der Waals surface area (Å²) in [6.45, 7) is 5.10. The zero-order valence-electron chi connectivity index (χ0n) is 16.2. The second kappa shape index (κ2) is 7.72. The van der Waals surface area contributed by atoms with E-state index >= 15 is 0 Å². The van der Waals surface area contributed by atoms with E-state index in [1.54, 1.807) is 4.90 Å². The van der Waals surface area contributed by atoms with Gasteiger partial charge in [-0.1, -0.05) is 54.6 Å². The quantitative estimate of drug-likeness (QED) is 0.596. The van der Waals surface area contributed by atoms with Crippen molar-refractivity contribution in [1.82, 2.24) is 4.90 Å². The molecule has 1 amide bonds. The summed E-state index contributed by atoms with van der Waals surface area (Å²) < 4.78 is 18.8. The zero-order chi connectivity index (χ0) is 19.7. The summed E-state index contributed by atoms with van der Waals surface area (Å²) in [7, 11) is 0. The van der Waals surface area contributed by atoms with Crippen LogP contribution < -0.4 is 0 Å². The van der Waals surface area contributed by atoms with Crippen LogP contribution >= 0.6 is 0 Å². The van der Waals surface area contributed by atoms with Crippen LogP contribution in [0.4, 0.5) is 4.39 Å². The first kappa shape index (κ1) is 18.6. The van der Waals surface area contributed by atoms with Crippen LogP contribution in [0.5, 0.6) is 0 Å². The highest BCUT2D eigenvalue weighted by atomic mass is 19.1. The SMILES string of the molecule is CCOC(C)c1ccc(-c2ccc(C(=O)N3CC(F)C3)c3ccccc23)cc1. The lowest BCUT2D eigenvalue weighted by Crippen LogP contribution is -2.51. The first-order chi connectivity index (χ1) is 13.6. The van der Waals surface area contributed by atoms with Gasteiger partial charge in [-0.15, -0.1) is 0 Å². The van der Waals surface area contributed by atoms with E-state index < -0.39 is 6.17 Å². The van der Waals surface area contributed by atoms with Gasteiger partial charge in [0.1, 0.15) is 6.17 Å². The van der Waals surface area contributed by atoms with Crippen LogP contribution in [0.15, 0.2) is 60.7 Å². The average molecular weight is 377 g/mol. The normalized spacial score (nSPS) is 15.5. The Morgan fingerprint density at radius 1 is 1.07 bits per heavy atom. The molecule has 3 nitrogen and oxygen atoms in total. The van der Waals surface area contributed by atoms with E-state index in [9.17, 15) is 9.18 Å². The number of alkyl halides is 1. The van der Waals surface area contributed by atoms with Crippen LogP contribution in [-0.2, 0) is 4.74 Å². The van der Waals surface area contributed by atoms with Crippen LogP contribution in [-0.4, -0.2) is 36.7 Å². The number of hydrogen-bond donors (Lipinski definition) is 0. The second-order valence-electron chi connectivity index (χ2n) is 7.23. The molecule has 0 N–H and O–H groups in total. The van der Waals surface area contributed by atoms with Gasteiger partial charge in [-0.2, -0.15) is 0 Å². The Balaban J connectivity index is 1.71. The van der Waals surface area contributed by atoms with Gasteiger partial charge in [0.25, 0.3) is 5.91 Å². The minimum atomic E-state index is -0.896. The molecule has 0 spiro atoms. The molecule has 1 atom stereocenters. The van der Waals surface area contributed by atoms with Crippen molar-refractivity contribution in [2.75, 3.05) is 19.7 Å². The predicted molar refractivity (Wildman–Crippen MR) is 110 cm³/mol. The average Bonchev–Trinajstić information content (AvgIpc) is 2.70. The van der Waals surface area contributed by atoms with E-state index in [0.717, 1.165) is 27.5 Å². The Labute approximate surface area is 164 Å². The molecule has 3 aromatic rings. The summed E-state index contributed by atoms with van der Waals surface area (Å²) >= 11 is 0. The highest BCUT2D eigenvalue weighted by Crippen LogP contribution is 2.33. The van der Waals surface area contributed by atoms with Gasteiger partial charge in [0, 0.05) is 12.2 Å². The van der Waals surface area contributed by atoms with Crippen molar-refractivity contribution in [1.29, 1.82) is 0 Å². The molecule has 28 heavy (non-hydrogen) atoms. The maximum Gasteiger partial charge on any atom is 0.254 e. The minimum absolute atomic E-state index is 0.0617. The Hall–Kier alpha value is -2.72. The summed E-state index contributed by atoms with van der Waals surface area (Å²) in [5, 5.41) is 1.93. The van der Waals surface area contributed by atoms with Gasteiger partial charge in [0.2, 0.25) is 0 Å². The van der Waals surface area contributed by atoms with Crippen molar-refractivity contribution < 1.29 is 13.9 Å². The number of benzene rings is 3. The van der Waals surface area contributed by atoms with Gasteiger partial charge in [0.15, 0.2) is 0 Å². The van der Waals surface area contributed by atoms with Crippen molar-refractivity contribution in [3.05, 3.63) is 71.8 Å². The zero-order valence-corrected chi connectivity index (χ0v) is 16.2. The van der Waals surface area contributed by atoms with Crippen molar-refractivity contribution in [2.45, 2.75) is 26.1 Å². The molecule has 3 aromatic carbocycles. The van der Waals surface area contributed by atoms with Crippen LogP contribution in [0.1, 0.15) is 35.9 Å². The number of ether oxygens (including phenoxy) is 1. The summed E-state index contributed by atoms with van der Waals surface area (Å²) in [5.74, 6) is -0.0995. The molecule has 1 heterocycles. The highest BCUT2D eigenvalue weighted by molar-refractivity contribution is 6.11. The van der Waals surface area contributed by atoms with Crippen molar-refractivity contribution >= 4 is 16.7 Å². The lowest BCUT2D eigenvalue weighted by atomic mass is 9.93. The number of halogens is 1. The van der Waals surface area contributed by atoms with Crippen molar-refractivity contribution in [2.24, 2.45) is 0 Å². The predicted octanol–water partition coefficient (Wildman–Crippen LogP) is 5.40. The summed E-state index contributed by atoms with van der Waals surface area (Å²) in [4.78, 5) is 14.3. The molecule has 0 aromatic heterocycles. The Morgan fingerprint density at radius 3 is 2.39 bits per heavy atom. The van der Waals surface area contributed by atoms with Crippen LogP contribution in [0, 0.1) is 0 Å². The number of likely N-dealkylation sites (tertiary alicyclic amines) is 1. The number of fused-ring (bicyclic) bond motifs is 1. The molecule has 144 valence electrons. The standard InChI is InChI=1S/C24H24FNO2/c1-3-28-16(2)17-8-10-18(11-9-17)20-12-13-23(22-7-5-4-6-21(20)22)24(27)26-14-19(25)15-26/h4-13,16,19H,3,14-15H2,1-2H3. The van der Waals surface area contributed by atoms with E-state index in [-0.39, 0.29) is 25.1 Å². The highest BCUT2D eigenvalue weighted by Gasteiger charge is 2.31. The molecule has 1 aliphatic rings. The molecule has 1 fully saturated rings. The summed E-state index contributed by atoms with van der Waals surface area (Å²) in [6, 6.07) is 20.1. The lowest BCUT2D eigenvalue weighted by molar-refractivity contribution is 0.0402. The fourth-order valence-electron chi connectivity index (χ4n) is 3.78. The van der Waals surface area contributed by atoms with E-state index in [1.165, 1.54) is 0 Å². The molecule has 0 saturated carbocycles. The minimum Gasteiger partial charge on any atom is -0.374 e. The Kier molecular flexibility index (Phi) is 5.14. The number of carbonyl (C=O) groups excluding carboxylic acids is 1. The Bertz CT molecular complexity index is 993. The van der Waals surface area contributed by atoms with Crippen LogP contribution in [0.3, 0.4) is 0 Å². The van der Waals surface area contributed by atoms with Gasteiger partial charge in [0.05, 0.1) is 19.2 Å². The molecule has 0 radical (unpaired) electrons. The van der Waals surface area contributed by atoms with E-state index in [2.05, 4.69) is 24.3 Å². The monoisotopic (exact) mass is 377 g/mol. The van der Waals surface area contributed by atoms with E-state index in [4.69, 9.17) is 4.74 Å². The third-order valence-electron chi connectivity index (χ3n) is 5.39. The number of hydrogen-bond acceptors (Lipinski definition) is 2. The lowest BCUT2D eigenvalue weighted by Gasteiger charge is -2.34. The fraction of sp³-hybridized carbons (Fsp3) is 0.292. The topological polar surface area (TPSA) is 29.5 Å². The van der Waals surface area contributed by atoms with Gasteiger partial charge < -0.3 is 9.64 Å². The second-order valence-corrected chi connectivity index (χ2v) is 7.23. The first-order valence-corrected chi connectivity index (χ1v) is 9.75. The van der Waals surface area contributed by atoms with E-state index in [1.807, 2.05) is 50.2 Å². The number of carbonyl (C=O) groups is 1. The number of amides is 1. The molecular formula is C24H24FNO2. The van der Waals surface area contributed by atoms with Gasteiger partial charge in [-0.05, 0) is 47.4 Å². The smallest absolute Gasteiger partial charge is 0.254 e. The molecule has 4 heteroatoms. The largest absolute Gasteiger partial charge is 0.374 e. The molecule has 1 unspecified atom stereocenters. The van der Waals surface area contributed by atoms with Gasteiger partial charge >= 0.3 is 0 Å². The van der Waals surface area contributed by atoms with Gasteiger partial charge in [-0.3, -0.25) is 4.79 Å². The molecule has 0 bridgehead atoms. The fourth-order valence-corrected chi connectivity index (χ4v) is 3.78. The summed E-state index contributed by atoms with van der Waals surface area (Å²) in [6.07, 6.45) is -0.835. The van der Waals surface area contributed by atoms with Gasteiger partial charge in [-0.25, -0.2) is 4.39 Å². The molecule has 1 saturated heterocycles. The van der Waals surface area contributed by atoms with Crippen LogP contribution in [0.25, 0.3) is 21.9 Å². The van der Waals surface area contributed by atoms with Crippen molar-refractivity contribution in [3.8, 4) is 11.1 Å². The molecular weight excluding hydrogens is 353 g/mol. The van der Waals surface area contributed by atoms with E-state index in [0.29, 0.717) is 12.2 Å². The number of rotatable bonds is 5. The van der Waals surface area contributed by atoms with Crippen LogP contribution in [0.2, 0.25) is 0 Å². The molecule has 1 aliphatic heterocycles. The Morgan fingerprint density at radius 2 is 1.75 bits per heavy atom. The summed E-state index contributed by atoms with van der Waals surface area (Å²) in [5.41, 5.74) is 3.94. The maximum atomic E-state index is 13.2. The van der Waals surface area contributed by atoms with Crippen molar-refractivity contribution in [3.63, 3.8) is 0 Å². The molecule has 4 rings (SSSR count). The molecule has 0 aliphatic carbocycles. The third kappa shape index (κ3) is 3.40. The third-order valence-corrected chi connectivity index (χ3v) is 5.39.